The first kappa shape index (κ1) is 20.9. The minimum atomic E-state index is -0.621. The Kier molecular flexibility index (Phi) is 5.99. The van der Waals surface area contributed by atoms with Gasteiger partial charge in [-0.1, -0.05) is 0 Å². The molecule has 1 aliphatic rings. The Hall–Kier alpha value is -2.78. The average Bonchev–Trinajstić information content (AvgIpc) is 3.14. The summed E-state index contributed by atoms with van der Waals surface area (Å²) in [6.07, 6.45) is 2.09. The zero-order valence-corrected chi connectivity index (χ0v) is 17.6. The summed E-state index contributed by atoms with van der Waals surface area (Å²) in [5.41, 5.74) is 3.13. The number of H-pyrrole nitrogens is 1. The summed E-state index contributed by atoms with van der Waals surface area (Å²) in [6.45, 7) is 1.97. The van der Waals surface area contributed by atoms with Crippen LogP contribution in [0.4, 0.5) is 5.69 Å². The van der Waals surface area contributed by atoms with E-state index in [2.05, 4.69) is 10.3 Å². The van der Waals surface area contributed by atoms with E-state index in [-0.39, 0.29) is 28.6 Å². The number of aromatic amines is 1. The molecule has 154 valence electrons. The number of hydrogen-bond donors (Lipinski definition) is 5. The van der Waals surface area contributed by atoms with Gasteiger partial charge in [0.1, 0.15) is 5.69 Å². The lowest BCUT2D eigenvalue weighted by Crippen LogP contribution is -2.27. The fourth-order valence-corrected chi connectivity index (χ4v) is 3.57. The SMILES string of the molecule is Br.CN(C(=O)c1cc2nc(C3CCNCC3)ccc2[nH]1)c1cc(O)c(O)c(O)c1. The molecule has 29 heavy (non-hydrogen) atoms. The number of carbonyl (C=O) groups excluding carboxylic acids is 1. The first-order chi connectivity index (χ1) is 13.4. The first-order valence-corrected chi connectivity index (χ1v) is 9.17. The monoisotopic (exact) mass is 462 g/mol. The van der Waals surface area contributed by atoms with Crippen LogP contribution >= 0.6 is 17.0 Å². The van der Waals surface area contributed by atoms with Gasteiger partial charge in [-0.15, -0.1) is 17.0 Å². The maximum atomic E-state index is 12.8. The highest BCUT2D eigenvalue weighted by Gasteiger charge is 2.21. The van der Waals surface area contributed by atoms with E-state index in [1.54, 1.807) is 6.07 Å². The molecule has 0 spiro atoms. The Morgan fingerprint density at radius 2 is 1.76 bits per heavy atom. The van der Waals surface area contributed by atoms with E-state index >= 15 is 0 Å². The predicted molar refractivity (Wildman–Crippen MR) is 115 cm³/mol. The van der Waals surface area contributed by atoms with Gasteiger partial charge < -0.3 is 30.5 Å². The number of piperidine rings is 1. The van der Waals surface area contributed by atoms with E-state index in [1.807, 2.05) is 12.1 Å². The number of hydrogen-bond acceptors (Lipinski definition) is 6. The van der Waals surface area contributed by atoms with Crippen LogP contribution in [0.25, 0.3) is 11.0 Å². The van der Waals surface area contributed by atoms with Crippen LogP contribution in [0.1, 0.15) is 34.9 Å². The number of anilines is 1. The second-order valence-corrected chi connectivity index (χ2v) is 7.07. The van der Waals surface area contributed by atoms with E-state index in [9.17, 15) is 20.1 Å². The lowest BCUT2D eigenvalue weighted by atomic mass is 9.94. The maximum absolute atomic E-state index is 12.8. The van der Waals surface area contributed by atoms with Crippen molar-refractivity contribution < 1.29 is 20.1 Å². The molecule has 1 amide bonds. The molecular formula is C20H23BrN4O4. The van der Waals surface area contributed by atoms with Crippen LogP contribution in [0.2, 0.25) is 0 Å². The van der Waals surface area contributed by atoms with Gasteiger partial charge in [-0.3, -0.25) is 9.78 Å². The summed E-state index contributed by atoms with van der Waals surface area (Å²) in [5.74, 6) is -1.56. The van der Waals surface area contributed by atoms with Gasteiger partial charge in [-0.25, -0.2) is 0 Å². The van der Waals surface area contributed by atoms with Crippen molar-refractivity contribution in [3.8, 4) is 17.2 Å². The number of fused-ring (bicyclic) bond motifs is 1. The van der Waals surface area contributed by atoms with E-state index in [4.69, 9.17) is 4.98 Å². The summed E-state index contributed by atoms with van der Waals surface area (Å²) in [6, 6.07) is 8.07. The van der Waals surface area contributed by atoms with E-state index < -0.39 is 17.2 Å². The molecule has 0 unspecified atom stereocenters. The Morgan fingerprint density at radius 3 is 2.41 bits per heavy atom. The summed E-state index contributed by atoms with van der Waals surface area (Å²) in [4.78, 5) is 21.9. The number of carbonyl (C=O) groups is 1. The molecule has 4 rings (SSSR count). The Morgan fingerprint density at radius 1 is 1.10 bits per heavy atom. The lowest BCUT2D eigenvalue weighted by Gasteiger charge is -2.21. The molecule has 0 radical (unpaired) electrons. The molecule has 2 aromatic heterocycles. The van der Waals surface area contributed by atoms with Crippen LogP contribution in [-0.2, 0) is 0 Å². The molecule has 0 aliphatic carbocycles. The second kappa shape index (κ2) is 8.30. The molecule has 1 saturated heterocycles. The van der Waals surface area contributed by atoms with Crippen molar-refractivity contribution in [1.29, 1.82) is 0 Å². The Bertz CT molecular complexity index is 1020. The maximum Gasteiger partial charge on any atom is 0.274 e. The van der Waals surface area contributed by atoms with Gasteiger partial charge in [0.15, 0.2) is 17.2 Å². The van der Waals surface area contributed by atoms with Crippen LogP contribution in [0.5, 0.6) is 17.2 Å². The number of phenols is 3. The van der Waals surface area contributed by atoms with Gasteiger partial charge in [0, 0.05) is 30.8 Å². The van der Waals surface area contributed by atoms with E-state index in [0.717, 1.165) is 42.7 Å². The Labute approximate surface area is 178 Å². The number of nitrogens with zero attached hydrogens (tertiary/aromatic N) is 2. The normalized spacial score (nSPS) is 14.5. The van der Waals surface area contributed by atoms with Crippen LogP contribution in [0.3, 0.4) is 0 Å². The van der Waals surface area contributed by atoms with Crippen molar-refractivity contribution in [2.45, 2.75) is 18.8 Å². The van der Waals surface area contributed by atoms with Crippen molar-refractivity contribution in [3.63, 3.8) is 0 Å². The summed E-state index contributed by atoms with van der Waals surface area (Å²) < 4.78 is 0. The number of aromatic hydroxyl groups is 3. The summed E-state index contributed by atoms with van der Waals surface area (Å²) >= 11 is 0. The molecule has 5 N–H and O–H groups in total. The van der Waals surface area contributed by atoms with Crippen LogP contribution in [0, 0.1) is 0 Å². The number of phenolic OH excluding ortho intramolecular Hbond substituents is 3. The fourth-order valence-electron chi connectivity index (χ4n) is 3.57. The zero-order valence-electron chi connectivity index (χ0n) is 15.8. The largest absolute Gasteiger partial charge is 0.504 e. The average molecular weight is 463 g/mol. The van der Waals surface area contributed by atoms with Crippen LogP contribution in [-0.4, -0.2) is 51.3 Å². The summed E-state index contributed by atoms with van der Waals surface area (Å²) in [5, 5.41) is 32.2. The van der Waals surface area contributed by atoms with Crippen molar-refractivity contribution >= 4 is 39.6 Å². The molecule has 8 nitrogen and oxygen atoms in total. The highest BCUT2D eigenvalue weighted by Crippen LogP contribution is 2.38. The molecule has 1 aromatic carbocycles. The van der Waals surface area contributed by atoms with Crippen molar-refractivity contribution in [1.82, 2.24) is 15.3 Å². The minimum Gasteiger partial charge on any atom is -0.504 e. The first-order valence-electron chi connectivity index (χ1n) is 9.17. The predicted octanol–water partition coefficient (Wildman–Crippen LogP) is 3.00. The zero-order chi connectivity index (χ0) is 19.8. The van der Waals surface area contributed by atoms with Gasteiger partial charge in [-0.05, 0) is 44.1 Å². The van der Waals surface area contributed by atoms with Gasteiger partial charge >= 0.3 is 0 Å². The van der Waals surface area contributed by atoms with Crippen molar-refractivity contribution in [2.24, 2.45) is 0 Å². The number of nitrogens with one attached hydrogen (secondary N) is 2. The molecule has 3 aromatic rings. The van der Waals surface area contributed by atoms with E-state index in [1.165, 1.54) is 24.1 Å². The third-order valence-corrected chi connectivity index (χ3v) is 5.23. The van der Waals surface area contributed by atoms with Crippen LogP contribution < -0.4 is 10.2 Å². The third-order valence-electron chi connectivity index (χ3n) is 5.23. The lowest BCUT2D eigenvalue weighted by molar-refractivity contribution is 0.0989. The molecule has 0 atom stereocenters. The summed E-state index contributed by atoms with van der Waals surface area (Å²) in [7, 11) is 1.52. The van der Waals surface area contributed by atoms with Crippen molar-refractivity contribution in [2.75, 3.05) is 25.0 Å². The third kappa shape index (κ3) is 4.01. The van der Waals surface area contributed by atoms with Gasteiger partial charge in [0.25, 0.3) is 5.91 Å². The molecule has 0 saturated carbocycles. The molecule has 0 bridgehead atoms. The molecule has 9 heteroatoms. The Balaban J connectivity index is 0.00000240. The number of rotatable bonds is 3. The number of benzene rings is 1. The quantitative estimate of drug-likeness (QED) is 0.381. The fraction of sp³-hybridized carbons (Fsp3) is 0.300. The number of amides is 1. The molecule has 1 fully saturated rings. The molecule has 3 heterocycles. The van der Waals surface area contributed by atoms with Gasteiger partial charge in [0.2, 0.25) is 0 Å². The van der Waals surface area contributed by atoms with Gasteiger partial charge in [-0.2, -0.15) is 0 Å². The minimum absolute atomic E-state index is 0. The second-order valence-electron chi connectivity index (χ2n) is 7.07. The highest BCUT2D eigenvalue weighted by atomic mass is 79.9. The van der Waals surface area contributed by atoms with Crippen molar-refractivity contribution in [3.05, 3.63) is 41.7 Å². The van der Waals surface area contributed by atoms with Gasteiger partial charge in [0.05, 0.1) is 16.7 Å². The molecular weight excluding hydrogens is 440 g/mol. The smallest absolute Gasteiger partial charge is 0.274 e. The standard InChI is InChI=1S/C20H22N4O4.BrH/c1-24(12-8-17(25)19(27)18(26)9-12)20(28)16-10-15-14(23-16)3-2-13(22-15)11-4-6-21-7-5-11;/h2-3,8-11,21,23,25-27H,4-7H2,1H3;1H. The van der Waals surface area contributed by atoms with Crippen LogP contribution in [0.15, 0.2) is 30.3 Å². The van der Waals surface area contributed by atoms with E-state index in [0.29, 0.717) is 11.6 Å². The number of halogens is 1. The topological polar surface area (TPSA) is 122 Å². The number of aromatic nitrogens is 2. The molecule has 1 aliphatic heterocycles. The highest BCUT2D eigenvalue weighted by molar-refractivity contribution is 8.93. The number of pyridine rings is 1.